The van der Waals surface area contributed by atoms with Gasteiger partial charge in [0.25, 0.3) is 0 Å². The number of aromatic amines is 1. The number of halogens is 1. The molecule has 1 aliphatic carbocycles. The molecule has 4 rings (SSSR count). The molecule has 25 heavy (non-hydrogen) atoms. The summed E-state index contributed by atoms with van der Waals surface area (Å²) in [6, 6.07) is 12.7. The van der Waals surface area contributed by atoms with Gasteiger partial charge in [-0.15, -0.1) is 0 Å². The predicted octanol–water partition coefficient (Wildman–Crippen LogP) is 3.83. The fourth-order valence-electron chi connectivity index (χ4n) is 3.72. The van der Waals surface area contributed by atoms with Crippen molar-refractivity contribution in [2.24, 2.45) is 0 Å². The summed E-state index contributed by atoms with van der Waals surface area (Å²) in [5.74, 6) is -0.283. The molecule has 128 valence electrons. The van der Waals surface area contributed by atoms with Crippen LogP contribution in [0.5, 0.6) is 0 Å². The van der Waals surface area contributed by atoms with Gasteiger partial charge in [-0.1, -0.05) is 23.8 Å². The summed E-state index contributed by atoms with van der Waals surface area (Å²) >= 11 is 0. The molecule has 0 aliphatic heterocycles. The first kappa shape index (κ1) is 15.9. The highest BCUT2D eigenvalue weighted by atomic mass is 19.1. The SMILES string of the molecule is Cc1ccc2[nH]c3c(c2c1)CC(NC(=O)Cc1ccc(F)cc1)CC3. The van der Waals surface area contributed by atoms with Gasteiger partial charge < -0.3 is 10.3 Å². The van der Waals surface area contributed by atoms with Crippen molar-refractivity contribution >= 4 is 16.8 Å². The number of fused-ring (bicyclic) bond motifs is 3. The van der Waals surface area contributed by atoms with Crippen molar-refractivity contribution in [1.82, 2.24) is 10.3 Å². The number of carbonyl (C=O) groups is 1. The lowest BCUT2D eigenvalue weighted by Crippen LogP contribution is -2.39. The summed E-state index contributed by atoms with van der Waals surface area (Å²) < 4.78 is 13.0. The Balaban J connectivity index is 1.46. The number of aromatic nitrogens is 1. The maximum atomic E-state index is 13.0. The number of carbonyl (C=O) groups excluding carboxylic acids is 1. The third-order valence-corrected chi connectivity index (χ3v) is 4.99. The van der Waals surface area contributed by atoms with Gasteiger partial charge in [0.1, 0.15) is 5.82 Å². The van der Waals surface area contributed by atoms with E-state index < -0.39 is 0 Å². The number of benzene rings is 2. The highest BCUT2D eigenvalue weighted by Crippen LogP contribution is 2.29. The van der Waals surface area contributed by atoms with Crippen LogP contribution in [0.25, 0.3) is 10.9 Å². The molecule has 1 aliphatic rings. The molecule has 1 atom stereocenters. The molecule has 1 heterocycles. The first-order chi connectivity index (χ1) is 12.1. The Labute approximate surface area is 146 Å². The van der Waals surface area contributed by atoms with E-state index >= 15 is 0 Å². The second kappa shape index (κ2) is 6.36. The molecule has 2 aromatic carbocycles. The summed E-state index contributed by atoms with van der Waals surface area (Å²) in [6.07, 6.45) is 3.03. The van der Waals surface area contributed by atoms with E-state index in [2.05, 4.69) is 35.4 Å². The van der Waals surface area contributed by atoms with Gasteiger partial charge in [-0.05, 0) is 61.6 Å². The first-order valence-electron chi connectivity index (χ1n) is 8.72. The van der Waals surface area contributed by atoms with E-state index in [0.717, 1.165) is 24.8 Å². The van der Waals surface area contributed by atoms with E-state index in [0.29, 0.717) is 0 Å². The average molecular weight is 336 g/mol. The Morgan fingerprint density at radius 3 is 2.84 bits per heavy atom. The molecule has 1 aromatic heterocycles. The van der Waals surface area contributed by atoms with E-state index in [1.807, 2.05) is 0 Å². The summed E-state index contributed by atoms with van der Waals surface area (Å²) in [7, 11) is 0. The smallest absolute Gasteiger partial charge is 0.224 e. The van der Waals surface area contributed by atoms with E-state index in [-0.39, 0.29) is 24.2 Å². The zero-order valence-corrected chi connectivity index (χ0v) is 14.2. The number of rotatable bonds is 3. The van der Waals surface area contributed by atoms with Crippen molar-refractivity contribution in [1.29, 1.82) is 0 Å². The van der Waals surface area contributed by atoms with Crippen LogP contribution >= 0.6 is 0 Å². The standard InChI is InChI=1S/C21H21FN2O/c1-13-2-8-19-17(10-13)18-12-16(7-9-20(18)24-19)23-21(25)11-14-3-5-15(22)6-4-14/h2-6,8,10,16,24H,7,9,11-12H2,1H3,(H,23,25). The molecular formula is C21H21FN2O. The van der Waals surface area contributed by atoms with Gasteiger partial charge in [0.2, 0.25) is 5.91 Å². The molecule has 4 heteroatoms. The van der Waals surface area contributed by atoms with Crippen LogP contribution in [0.3, 0.4) is 0 Å². The van der Waals surface area contributed by atoms with Gasteiger partial charge in [0.05, 0.1) is 6.42 Å². The third-order valence-electron chi connectivity index (χ3n) is 4.99. The van der Waals surface area contributed by atoms with Gasteiger partial charge in [-0.25, -0.2) is 4.39 Å². The third kappa shape index (κ3) is 3.29. The number of H-pyrrole nitrogens is 1. The molecule has 3 nitrogen and oxygen atoms in total. The summed E-state index contributed by atoms with van der Waals surface area (Å²) in [5, 5.41) is 4.42. The van der Waals surface area contributed by atoms with Crippen LogP contribution in [0, 0.1) is 12.7 Å². The van der Waals surface area contributed by atoms with Gasteiger partial charge in [-0.2, -0.15) is 0 Å². The molecule has 0 saturated carbocycles. The lowest BCUT2D eigenvalue weighted by molar-refractivity contribution is -0.121. The van der Waals surface area contributed by atoms with Crippen LogP contribution in [0.1, 0.15) is 28.8 Å². The topological polar surface area (TPSA) is 44.9 Å². The highest BCUT2D eigenvalue weighted by molar-refractivity contribution is 5.86. The van der Waals surface area contributed by atoms with E-state index in [1.165, 1.54) is 39.9 Å². The minimum atomic E-state index is -0.279. The van der Waals surface area contributed by atoms with Crippen molar-refractivity contribution in [3.63, 3.8) is 0 Å². The molecule has 0 bridgehead atoms. The van der Waals surface area contributed by atoms with Gasteiger partial charge in [0.15, 0.2) is 0 Å². The number of hydrogen-bond acceptors (Lipinski definition) is 1. The van der Waals surface area contributed by atoms with Crippen LogP contribution < -0.4 is 5.32 Å². The second-order valence-electron chi connectivity index (χ2n) is 6.94. The van der Waals surface area contributed by atoms with Crippen molar-refractivity contribution in [2.75, 3.05) is 0 Å². The summed E-state index contributed by atoms with van der Waals surface area (Å²) in [4.78, 5) is 15.8. The lowest BCUT2D eigenvalue weighted by Gasteiger charge is -2.23. The normalized spacial score (nSPS) is 16.6. The molecule has 2 N–H and O–H groups in total. The largest absolute Gasteiger partial charge is 0.358 e. The average Bonchev–Trinajstić information content (AvgIpc) is 2.94. The maximum Gasteiger partial charge on any atom is 0.224 e. The Morgan fingerprint density at radius 2 is 2.04 bits per heavy atom. The quantitative estimate of drug-likeness (QED) is 0.750. The fraction of sp³-hybridized carbons (Fsp3) is 0.286. The van der Waals surface area contributed by atoms with Gasteiger partial charge >= 0.3 is 0 Å². The molecule has 3 aromatic rings. The number of amides is 1. The van der Waals surface area contributed by atoms with Crippen molar-refractivity contribution < 1.29 is 9.18 Å². The van der Waals surface area contributed by atoms with Crippen molar-refractivity contribution in [3.05, 3.63) is 70.7 Å². The van der Waals surface area contributed by atoms with E-state index in [1.54, 1.807) is 12.1 Å². The Morgan fingerprint density at radius 1 is 1.24 bits per heavy atom. The van der Waals surface area contributed by atoms with E-state index in [4.69, 9.17) is 0 Å². The van der Waals surface area contributed by atoms with Crippen LogP contribution in [0.2, 0.25) is 0 Å². The summed E-state index contributed by atoms with van der Waals surface area (Å²) in [6.45, 7) is 2.10. The minimum absolute atomic E-state index is 0.00363. The maximum absolute atomic E-state index is 13.0. The molecule has 0 spiro atoms. The monoisotopic (exact) mass is 336 g/mol. The molecule has 0 fully saturated rings. The molecular weight excluding hydrogens is 315 g/mol. The number of aryl methyl sites for hydroxylation is 2. The zero-order valence-electron chi connectivity index (χ0n) is 14.2. The van der Waals surface area contributed by atoms with Crippen molar-refractivity contribution in [2.45, 2.75) is 38.6 Å². The van der Waals surface area contributed by atoms with Crippen molar-refractivity contribution in [3.8, 4) is 0 Å². The predicted molar refractivity (Wildman–Crippen MR) is 97.1 cm³/mol. The molecule has 1 amide bonds. The van der Waals surface area contributed by atoms with E-state index in [9.17, 15) is 9.18 Å². The Bertz CT molecular complexity index is 927. The Hall–Kier alpha value is -2.62. The van der Waals surface area contributed by atoms with Crippen LogP contribution in [0.4, 0.5) is 4.39 Å². The van der Waals surface area contributed by atoms with Gasteiger partial charge in [-0.3, -0.25) is 4.79 Å². The minimum Gasteiger partial charge on any atom is -0.358 e. The summed E-state index contributed by atoms with van der Waals surface area (Å²) in [5.41, 5.74) is 5.88. The Kier molecular flexibility index (Phi) is 4.04. The van der Waals surface area contributed by atoms with Crippen LogP contribution in [0.15, 0.2) is 42.5 Å². The zero-order chi connectivity index (χ0) is 17.4. The molecule has 0 radical (unpaired) electrons. The van der Waals surface area contributed by atoms with Crippen LogP contribution in [-0.4, -0.2) is 16.9 Å². The lowest BCUT2D eigenvalue weighted by atomic mass is 9.91. The highest BCUT2D eigenvalue weighted by Gasteiger charge is 2.23. The number of hydrogen-bond donors (Lipinski definition) is 2. The molecule has 0 saturated heterocycles. The second-order valence-corrected chi connectivity index (χ2v) is 6.94. The fourth-order valence-corrected chi connectivity index (χ4v) is 3.72. The first-order valence-corrected chi connectivity index (χ1v) is 8.72. The van der Waals surface area contributed by atoms with Gasteiger partial charge in [0, 0.05) is 22.6 Å². The van der Waals surface area contributed by atoms with Crippen LogP contribution in [-0.2, 0) is 24.1 Å². The number of nitrogens with one attached hydrogen (secondary N) is 2. The molecule has 1 unspecified atom stereocenters.